The van der Waals surface area contributed by atoms with E-state index in [1.165, 1.54) is 21.9 Å². The molecular weight excluding hydrogens is 784 g/mol. The molecule has 0 aliphatic heterocycles. The number of nitrogens with zero attached hydrogens (tertiary/aromatic N) is 2. The molecule has 2 amide bonds. The van der Waals surface area contributed by atoms with Gasteiger partial charge in [0.2, 0.25) is 11.8 Å². The number of benzene rings is 4. The molecule has 0 bridgehead atoms. The van der Waals surface area contributed by atoms with Crippen LogP contribution >= 0.6 is 0 Å². The topological polar surface area (TPSA) is 40.6 Å². The van der Waals surface area contributed by atoms with Crippen molar-refractivity contribution in [1.82, 2.24) is 0 Å². The first-order chi connectivity index (χ1) is 28.0. The zero-order valence-corrected chi connectivity index (χ0v) is 36.2. The number of unbranched alkanes of at least 4 members (excludes halogenated alkanes) is 6. The van der Waals surface area contributed by atoms with Gasteiger partial charge in [0, 0.05) is 47.5 Å². The van der Waals surface area contributed by atoms with Crippen LogP contribution in [-0.4, -0.2) is 24.9 Å². The van der Waals surface area contributed by atoms with Crippen LogP contribution in [0, 0.1) is 61.4 Å². The molecule has 0 heterocycles. The first kappa shape index (κ1) is 50.4. The van der Waals surface area contributed by atoms with E-state index in [-0.39, 0.29) is 44.9 Å². The normalized spacial score (nSPS) is 11.7. The van der Waals surface area contributed by atoms with Gasteiger partial charge in [-0.25, -0.2) is 41.9 Å². The molecule has 0 N–H and O–H groups in total. The summed E-state index contributed by atoms with van der Waals surface area (Å²) in [5.74, 6) is -3.80. The number of allylic oxidation sites excluding steroid dienone is 8. The number of carbonyl (C=O) groups excluding carboxylic acids is 2. The molecule has 0 unspecified atom stereocenters. The van der Waals surface area contributed by atoms with Gasteiger partial charge in [0.05, 0.1) is 0 Å². The van der Waals surface area contributed by atoms with E-state index in [1.54, 1.807) is 24.3 Å². The van der Waals surface area contributed by atoms with E-state index >= 15 is 0 Å². The molecule has 59 heavy (non-hydrogen) atoms. The Labute approximate surface area is 364 Å². The van der Waals surface area contributed by atoms with Gasteiger partial charge in [-0.15, -0.1) is 49.2 Å². The molecule has 4 aromatic carbocycles. The number of halogens is 4. The van der Waals surface area contributed by atoms with Crippen molar-refractivity contribution in [3.63, 3.8) is 0 Å². The quantitative estimate of drug-likeness (QED) is 0.0549. The molecule has 4 aromatic rings. The molecule has 0 aromatic heterocycles. The van der Waals surface area contributed by atoms with Crippen molar-refractivity contribution >= 4 is 23.2 Å². The van der Waals surface area contributed by atoms with Gasteiger partial charge < -0.3 is 9.80 Å². The molecule has 9 heteroatoms. The summed E-state index contributed by atoms with van der Waals surface area (Å²) in [6.07, 6.45) is 27.7. The van der Waals surface area contributed by atoms with E-state index < -0.39 is 23.3 Å². The Morgan fingerprint density at radius 1 is 0.542 bits per heavy atom. The van der Waals surface area contributed by atoms with Crippen LogP contribution in [-0.2, 0) is 21.7 Å². The second kappa shape index (κ2) is 28.6. The van der Waals surface area contributed by atoms with Crippen molar-refractivity contribution in [2.75, 3.05) is 22.9 Å². The number of hydrogen-bond acceptors (Lipinski definition) is 2. The molecule has 6 rings (SSSR count). The smallest absolute Gasteiger partial charge is 0.359 e. The Morgan fingerprint density at radius 3 is 1.19 bits per heavy atom. The second-order valence-corrected chi connectivity index (χ2v) is 13.8. The minimum Gasteiger partial charge on any atom is -0.359 e. The monoisotopic (exact) mass is 838 g/mol. The van der Waals surface area contributed by atoms with Gasteiger partial charge >= 0.3 is 21.7 Å². The molecule has 0 atom stereocenters. The van der Waals surface area contributed by atoms with E-state index in [0.717, 1.165) is 87.5 Å². The number of rotatable bonds is 14. The van der Waals surface area contributed by atoms with Crippen LogP contribution in [0.2, 0.25) is 0 Å². The summed E-state index contributed by atoms with van der Waals surface area (Å²) in [6, 6.07) is 23.1. The average Bonchev–Trinajstić information content (AvgIpc) is 4.01. The zero-order valence-electron chi connectivity index (χ0n) is 34.6. The number of carbonyl (C=O) groups is 2. The molecule has 2 aliphatic rings. The van der Waals surface area contributed by atoms with Gasteiger partial charge in [0.25, 0.3) is 0 Å². The molecular formula is C50H54F4N2O2Ti. The first-order valence-electron chi connectivity index (χ1n) is 20.0. The van der Waals surface area contributed by atoms with E-state index in [0.29, 0.717) is 24.2 Å². The fraction of sp³-hybridized carbons (Fsp3) is 0.320. The van der Waals surface area contributed by atoms with Crippen LogP contribution in [0.25, 0.3) is 0 Å². The number of anilines is 2. The molecule has 308 valence electrons. The van der Waals surface area contributed by atoms with Gasteiger partial charge in [-0.05, 0) is 62.3 Å². The molecule has 0 radical (unpaired) electrons. The van der Waals surface area contributed by atoms with Gasteiger partial charge in [-0.1, -0.05) is 87.8 Å². The van der Waals surface area contributed by atoms with Gasteiger partial charge in [-0.3, -0.25) is 21.7 Å². The molecule has 0 saturated carbocycles. The summed E-state index contributed by atoms with van der Waals surface area (Å²) in [6.45, 7) is 8.86. The number of amides is 2. The minimum absolute atomic E-state index is 0. The van der Waals surface area contributed by atoms with Crippen LogP contribution in [0.4, 0.5) is 28.9 Å². The Hall–Kier alpha value is -4.79. The molecule has 2 aliphatic carbocycles. The van der Waals surface area contributed by atoms with Crippen molar-refractivity contribution < 1.29 is 48.9 Å². The fourth-order valence-corrected chi connectivity index (χ4v) is 5.73. The van der Waals surface area contributed by atoms with Gasteiger partial charge in [0.1, 0.15) is 0 Å². The third kappa shape index (κ3) is 18.3. The summed E-state index contributed by atoms with van der Waals surface area (Å²) >= 11 is 0. The predicted molar refractivity (Wildman–Crippen MR) is 228 cm³/mol. The van der Waals surface area contributed by atoms with E-state index in [2.05, 4.69) is 38.2 Å². The van der Waals surface area contributed by atoms with Crippen molar-refractivity contribution in [3.05, 3.63) is 179 Å². The van der Waals surface area contributed by atoms with Crippen LogP contribution in [0.3, 0.4) is 0 Å². The summed E-state index contributed by atoms with van der Waals surface area (Å²) in [7, 11) is 0. The average molecular weight is 839 g/mol. The van der Waals surface area contributed by atoms with Crippen LogP contribution in [0.15, 0.2) is 109 Å². The van der Waals surface area contributed by atoms with Crippen molar-refractivity contribution in [2.45, 2.75) is 91.9 Å². The largest absolute Gasteiger partial charge is 4.00 e. The van der Waals surface area contributed by atoms with Crippen molar-refractivity contribution in [3.8, 4) is 0 Å². The SMILES string of the molecule is CCCCCCN(C(=O)c1ccc(C)cc1)c1ccc(F)[c-]c1F.CCCCCCN(C(=O)c1ccc(C)cc1)c1ccc(F)[c-]c1F.[C-]1=CC=CC1.[C-]1=CC=CC1.[Ti+4]. The molecule has 4 nitrogen and oxygen atoms in total. The summed E-state index contributed by atoms with van der Waals surface area (Å²) in [5, 5.41) is 0. The number of aryl methyl sites for hydroxylation is 2. The third-order valence-electron chi connectivity index (χ3n) is 8.99. The Morgan fingerprint density at radius 2 is 0.915 bits per heavy atom. The van der Waals surface area contributed by atoms with Gasteiger partial charge in [-0.2, -0.15) is 12.2 Å². The predicted octanol–water partition coefficient (Wildman–Crippen LogP) is 13.2. The number of hydrogen-bond donors (Lipinski definition) is 0. The van der Waals surface area contributed by atoms with Crippen molar-refractivity contribution in [2.24, 2.45) is 0 Å². The van der Waals surface area contributed by atoms with E-state index in [1.807, 2.05) is 74.5 Å². The third-order valence-corrected chi connectivity index (χ3v) is 8.99. The Bertz CT molecular complexity index is 1810. The Kier molecular flexibility index (Phi) is 24.4. The molecule has 0 spiro atoms. The fourth-order valence-electron chi connectivity index (χ4n) is 5.73. The standard InChI is InChI=1S/2C20H22F2NO.2C5H5.Ti/c2*1-3-4-5-6-13-23(19-12-11-17(21)14-18(19)22)20(24)16-9-7-15(2)8-10-16;2*1-2-4-5-3-1;/h2*7-12H,3-6,13H2,1-2H3;2*1-3H,4H2;/q4*-1;+4. The maximum absolute atomic E-state index is 14.1. The molecule has 0 saturated heterocycles. The Balaban J connectivity index is 0.000000323. The first-order valence-corrected chi connectivity index (χ1v) is 20.0. The molecule has 0 fully saturated rings. The van der Waals surface area contributed by atoms with Crippen LogP contribution < -0.4 is 9.80 Å². The van der Waals surface area contributed by atoms with E-state index in [9.17, 15) is 27.2 Å². The van der Waals surface area contributed by atoms with Gasteiger partial charge in [0.15, 0.2) is 0 Å². The zero-order chi connectivity index (χ0) is 42.1. The maximum Gasteiger partial charge on any atom is 4.00 e. The second-order valence-electron chi connectivity index (χ2n) is 13.8. The maximum atomic E-state index is 14.1. The van der Waals surface area contributed by atoms with E-state index in [4.69, 9.17) is 0 Å². The summed E-state index contributed by atoms with van der Waals surface area (Å²) in [4.78, 5) is 28.4. The van der Waals surface area contributed by atoms with Crippen LogP contribution in [0.5, 0.6) is 0 Å². The summed E-state index contributed by atoms with van der Waals surface area (Å²) < 4.78 is 54.5. The minimum atomic E-state index is -0.842. The van der Waals surface area contributed by atoms with Crippen LogP contribution in [0.1, 0.15) is 110 Å². The summed E-state index contributed by atoms with van der Waals surface area (Å²) in [5.41, 5.74) is 3.20. The van der Waals surface area contributed by atoms with Crippen molar-refractivity contribution in [1.29, 1.82) is 0 Å².